The summed E-state index contributed by atoms with van der Waals surface area (Å²) in [5.41, 5.74) is 8.46. The number of rotatable bonds is 2. The monoisotopic (exact) mass is 555 g/mol. The Morgan fingerprint density at radius 3 is 2.24 bits per heavy atom. The van der Waals surface area contributed by atoms with Crippen molar-refractivity contribution in [3.63, 3.8) is 0 Å². The average Bonchev–Trinajstić information content (AvgIpc) is 2.92. The van der Waals surface area contributed by atoms with Crippen LogP contribution in [-0.4, -0.2) is 13.6 Å². The Morgan fingerprint density at radius 2 is 1.72 bits per heavy atom. The van der Waals surface area contributed by atoms with Gasteiger partial charge in [0.1, 0.15) is 0 Å². The van der Waals surface area contributed by atoms with E-state index in [0.29, 0.717) is 11.8 Å². The molecule has 0 saturated carbocycles. The fourth-order valence-corrected chi connectivity index (χ4v) is 12.8. The third-order valence-corrected chi connectivity index (χ3v) is 14.1. The van der Waals surface area contributed by atoms with Gasteiger partial charge in [-0.3, -0.25) is 0 Å². The normalized spacial score (nSPS) is 25.8. The molecule has 0 aromatic heterocycles. The molecule has 0 radical (unpaired) electrons. The van der Waals surface area contributed by atoms with E-state index in [4.69, 9.17) is 17.2 Å². The predicted octanol–water partition coefficient (Wildman–Crippen LogP) is 6.66. The first-order valence-corrected chi connectivity index (χ1v) is 22.0. The molecule has 0 spiro atoms. The summed E-state index contributed by atoms with van der Waals surface area (Å²) in [5.74, 6) is 0.890. The van der Waals surface area contributed by atoms with Gasteiger partial charge in [0, 0.05) is 0 Å². The van der Waals surface area contributed by atoms with Crippen molar-refractivity contribution in [2.45, 2.75) is 40.8 Å². The molecule has 2 atom stereocenters. The SMILES string of the molecule is CC1=C(C2=C3C(=CC=CC(=[Si](C)C)C3C)[C]([Hf]([Cl])[Cl])=C2C)C(C)C=C1. The molecule has 0 heterocycles. The van der Waals surface area contributed by atoms with Gasteiger partial charge < -0.3 is 0 Å². The topological polar surface area (TPSA) is 0 Å². The zero-order valence-corrected chi connectivity index (χ0v) is 21.9. The van der Waals surface area contributed by atoms with E-state index < -0.39 is 27.5 Å². The number of allylic oxidation sites excluding steroid dienone is 12. The third-order valence-electron chi connectivity index (χ3n) is 5.57. The molecule has 0 fully saturated rings. The first kappa shape index (κ1) is 19.7. The van der Waals surface area contributed by atoms with Crippen molar-refractivity contribution in [1.29, 1.82) is 0 Å². The Kier molecular flexibility index (Phi) is 5.95. The molecule has 4 heteroatoms. The number of fused-ring (bicyclic) bond motifs is 1. The van der Waals surface area contributed by atoms with Crippen molar-refractivity contribution in [1.82, 2.24) is 0 Å². The van der Waals surface area contributed by atoms with Gasteiger partial charge in [-0.1, -0.05) is 0 Å². The maximum absolute atomic E-state index is 6.64. The van der Waals surface area contributed by atoms with E-state index in [1.54, 1.807) is 5.17 Å². The molecule has 0 amide bonds. The minimum atomic E-state index is -2.73. The molecular formula is C21H25Cl2HfSi. The fourth-order valence-electron chi connectivity index (χ4n) is 4.42. The van der Waals surface area contributed by atoms with Crippen LogP contribution < -0.4 is 0 Å². The second-order valence-electron chi connectivity index (χ2n) is 7.41. The average molecular weight is 555 g/mol. The van der Waals surface area contributed by atoms with Crippen LogP contribution in [0.2, 0.25) is 13.1 Å². The first-order chi connectivity index (χ1) is 11.8. The zero-order chi connectivity index (χ0) is 18.5. The van der Waals surface area contributed by atoms with Crippen LogP contribution >= 0.6 is 17.2 Å². The number of hydrogen-bond acceptors (Lipinski definition) is 0. The van der Waals surface area contributed by atoms with Crippen molar-refractivity contribution in [3.8, 4) is 0 Å². The standard InChI is InChI=1S/C21H25Si.2ClH.Hf/c1-13-10-11-14(2)19(13)20-15(3)12-17-8-7-9-18(22(5)6)16(4)21(17)20;;;/h7-11,13,16H,1-6H3;2*1H;/q;;;+2/p-2. The Bertz CT molecular complexity index is 843. The molecule has 0 nitrogen and oxygen atoms in total. The van der Waals surface area contributed by atoms with Crippen molar-refractivity contribution in [3.05, 3.63) is 67.1 Å². The first-order valence-electron chi connectivity index (χ1n) is 8.85. The molecular weight excluding hydrogens is 530 g/mol. The molecule has 0 bridgehead atoms. The second-order valence-corrected chi connectivity index (χ2v) is 21.4. The summed E-state index contributed by atoms with van der Waals surface area (Å²) in [4.78, 5) is 0. The van der Waals surface area contributed by atoms with Crippen molar-refractivity contribution < 1.29 is 19.1 Å². The molecule has 131 valence electrons. The number of hydrogen-bond donors (Lipinski definition) is 0. The summed E-state index contributed by atoms with van der Waals surface area (Å²) < 4.78 is 1.30. The summed E-state index contributed by atoms with van der Waals surface area (Å²) in [6, 6.07) is 0. The number of halogens is 2. The van der Waals surface area contributed by atoms with Crippen LogP contribution in [0.25, 0.3) is 0 Å². The summed E-state index contributed by atoms with van der Waals surface area (Å²) in [7, 11) is 12.8. The van der Waals surface area contributed by atoms with E-state index >= 15 is 0 Å². The Balaban J connectivity index is 2.32. The van der Waals surface area contributed by atoms with E-state index in [9.17, 15) is 0 Å². The Hall–Kier alpha value is -0.0230. The van der Waals surface area contributed by atoms with Crippen LogP contribution in [0.1, 0.15) is 27.7 Å². The van der Waals surface area contributed by atoms with E-state index in [1.807, 2.05) is 0 Å². The quantitative estimate of drug-likeness (QED) is 0.335. The van der Waals surface area contributed by atoms with Gasteiger partial charge >= 0.3 is 170 Å². The van der Waals surface area contributed by atoms with E-state index in [-0.39, 0.29) is 0 Å². The molecule has 0 saturated heterocycles. The molecule has 25 heavy (non-hydrogen) atoms. The molecule has 3 rings (SSSR count). The fraction of sp³-hybridized carbons (Fsp3) is 0.381. The van der Waals surface area contributed by atoms with Gasteiger partial charge in [0.15, 0.2) is 0 Å². The van der Waals surface area contributed by atoms with Crippen LogP contribution in [0.3, 0.4) is 0 Å². The maximum atomic E-state index is 6.64. The van der Waals surface area contributed by atoms with E-state index in [2.05, 4.69) is 71.2 Å². The summed E-state index contributed by atoms with van der Waals surface area (Å²) in [6.45, 7) is 13.9. The van der Waals surface area contributed by atoms with Crippen LogP contribution in [0.5, 0.6) is 0 Å². The van der Waals surface area contributed by atoms with Gasteiger partial charge in [0.05, 0.1) is 0 Å². The molecule has 0 aromatic rings. The van der Waals surface area contributed by atoms with Gasteiger partial charge in [0.25, 0.3) is 0 Å². The zero-order valence-electron chi connectivity index (χ0n) is 15.8. The van der Waals surface area contributed by atoms with Gasteiger partial charge in [-0.05, 0) is 0 Å². The van der Waals surface area contributed by atoms with Crippen LogP contribution in [0.15, 0.2) is 67.1 Å². The van der Waals surface area contributed by atoms with E-state index in [0.717, 1.165) is 0 Å². The van der Waals surface area contributed by atoms with Gasteiger partial charge in [-0.15, -0.1) is 0 Å². The Labute approximate surface area is 168 Å². The molecule has 2 unspecified atom stereocenters. The van der Waals surface area contributed by atoms with Crippen LogP contribution in [0, 0.1) is 11.8 Å². The summed E-state index contributed by atoms with van der Waals surface area (Å²) in [5, 5.41) is 1.59. The third kappa shape index (κ3) is 3.33. The van der Waals surface area contributed by atoms with Gasteiger partial charge in [0.2, 0.25) is 0 Å². The molecule has 0 N–H and O–H groups in total. The molecule has 0 aliphatic heterocycles. The molecule has 3 aliphatic carbocycles. The minimum absolute atomic E-state index is 0.434. The van der Waals surface area contributed by atoms with Gasteiger partial charge in [-0.25, -0.2) is 0 Å². The van der Waals surface area contributed by atoms with E-state index in [1.165, 1.54) is 36.8 Å². The van der Waals surface area contributed by atoms with Crippen molar-refractivity contribution >= 4 is 30.7 Å². The second kappa shape index (κ2) is 7.54. The summed E-state index contributed by atoms with van der Waals surface area (Å²) in [6.07, 6.45) is 11.4. The molecule has 3 aliphatic rings. The van der Waals surface area contributed by atoms with Gasteiger partial charge in [-0.2, -0.15) is 0 Å². The summed E-state index contributed by atoms with van der Waals surface area (Å²) >= 11 is -2.73. The van der Waals surface area contributed by atoms with Crippen LogP contribution in [0.4, 0.5) is 0 Å². The van der Waals surface area contributed by atoms with Crippen molar-refractivity contribution in [2.75, 3.05) is 0 Å². The van der Waals surface area contributed by atoms with Crippen molar-refractivity contribution in [2.24, 2.45) is 11.8 Å². The Morgan fingerprint density at radius 1 is 1.04 bits per heavy atom. The van der Waals surface area contributed by atoms with Crippen LogP contribution in [-0.2, 0) is 19.1 Å². The molecule has 0 aromatic carbocycles. The predicted molar refractivity (Wildman–Crippen MR) is 111 cm³/mol.